The van der Waals surface area contributed by atoms with Crippen LogP contribution in [0.4, 0.5) is 0 Å². The monoisotopic (exact) mass is 382 g/mol. The van der Waals surface area contributed by atoms with Crippen molar-refractivity contribution >= 4 is 5.97 Å². The quantitative estimate of drug-likeness (QED) is 0.541. The van der Waals surface area contributed by atoms with E-state index in [1.54, 1.807) is 0 Å². The van der Waals surface area contributed by atoms with Gasteiger partial charge in [0.15, 0.2) is 0 Å². The third kappa shape index (κ3) is 1.90. The average Bonchev–Trinajstić information content (AvgIpc) is 3.13. The third-order valence-corrected chi connectivity index (χ3v) is 7.85. The standard InChI is InChI=1S/C27H26O2/c1-25(2)26(21-17-11-6-12-18-21)22(19-13-7-4-8-14-19)23(20-15-9-5-10-16-20)27(25,26)24(28)29-3/h4-18,22-23H,1-3H3/t22-,23+,26+,27+/m0/s1. The third-order valence-electron chi connectivity index (χ3n) is 7.85. The second-order valence-corrected chi connectivity index (χ2v) is 8.88. The van der Waals surface area contributed by atoms with Crippen molar-refractivity contribution in [1.29, 1.82) is 0 Å². The molecule has 2 heteroatoms. The van der Waals surface area contributed by atoms with Gasteiger partial charge < -0.3 is 4.74 Å². The van der Waals surface area contributed by atoms with Crippen LogP contribution < -0.4 is 0 Å². The van der Waals surface area contributed by atoms with Crippen LogP contribution in [-0.2, 0) is 14.9 Å². The van der Waals surface area contributed by atoms with Crippen LogP contribution in [0.2, 0.25) is 0 Å². The van der Waals surface area contributed by atoms with Crippen LogP contribution in [0.1, 0.15) is 42.4 Å². The smallest absolute Gasteiger partial charge is 0.313 e. The fraction of sp³-hybridized carbons (Fsp3) is 0.296. The molecule has 0 bridgehead atoms. The zero-order valence-electron chi connectivity index (χ0n) is 17.1. The Labute approximate surface area is 172 Å². The number of benzene rings is 3. The molecule has 4 atom stereocenters. The van der Waals surface area contributed by atoms with E-state index < -0.39 is 5.41 Å². The molecule has 29 heavy (non-hydrogen) atoms. The summed E-state index contributed by atoms with van der Waals surface area (Å²) in [6, 6.07) is 31.7. The summed E-state index contributed by atoms with van der Waals surface area (Å²) in [7, 11) is 1.53. The van der Waals surface area contributed by atoms with E-state index in [1.165, 1.54) is 23.8 Å². The number of esters is 1. The van der Waals surface area contributed by atoms with Gasteiger partial charge in [0.1, 0.15) is 0 Å². The molecule has 0 radical (unpaired) electrons. The Kier molecular flexibility index (Phi) is 3.80. The second kappa shape index (κ2) is 6.06. The summed E-state index contributed by atoms with van der Waals surface area (Å²) in [6.45, 7) is 4.49. The highest BCUT2D eigenvalue weighted by Crippen LogP contribution is 2.97. The fourth-order valence-electron chi connectivity index (χ4n) is 6.99. The molecule has 2 aliphatic carbocycles. The molecule has 3 aromatic rings. The summed E-state index contributed by atoms with van der Waals surface area (Å²) in [5.74, 6) is 0.198. The van der Waals surface area contributed by atoms with Gasteiger partial charge in [-0.15, -0.1) is 0 Å². The maximum Gasteiger partial charge on any atom is 0.313 e. The van der Waals surface area contributed by atoms with Crippen molar-refractivity contribution in [3.63, 3.8) is 0 Å². The Morgan fingerprint density at radius 2 is 1.17 bits per heavy atom. The molecule has 0 aromatic heterocycles. The lowest BCUT2D eigenvalue weighted by Gasteiger charge is -2.50. The number of methoxy groups -OCH3 is 1. The van der Waals surface area contributed by atoms with Crippen molar-refractivity contribution in [3.05, 3.63) is 108 Å². The zero-order chi connectivity index (χ0) is 20.3. The number of hydrogen-bond donors (Lipinski definition) is 0. The molecule has 146 valence electrons. The predicted molar refractivity (Wildman–Crippen MR) is 115 cm³/mol. The number of ether oxygens (including phenoxy) is 1. The minimum absolute atomic E-state index is 0.0776. The molecule has 0 spiro atoms. The molecule has 0 heterocycles. The molecule has 5 rings (SSSR count). The first kappa shape index (κ1) is 18.2. The van der Waals surface area contributed by atoms with Crippen molar-refractivity contribution in [2.75, 3.05) is 7.11 Å². The maximum absolute atomic E-state index is 13.5. The summed E-state index contributed by atoms with van der Waals surface area (Å²) in [6.07, 6.45) is 0. The van der Waals surface area contributed by atoms with Gasteiger partial charge in [-0.25, -0.2) is 0 Å². The molecule has 2 saturated carbocycles. The van der Waals surface area contributed by atoms with E-state index in [1.807, 2.05) is 12.1 Å². The Bertz CT molecular complexity index is 1040. The molecule has 0 amide bonds. The van der Waals surface area contributed by atoms with Crippen LogP contribution in [0.15, 0.2) is 91.0 Å². The Balaban J connectivity index is 1.81. The summed E-state index contributed by atoms with van der Waals surface area (Å²) in [5, 5.41) is 0. The van der Waals surface area contributed by atoms with Crippen LogP contribution in [-0.4, -0.2) is 13.1 Å². The van der Waals surface area contributed by atoms with Gasteiger partial charge in [-0.2, -0.15) is 0 Å². The molecule has 2 fully saturated rings. The summed E-state index contributed by atoms with van der Waals surface area (Å²) >= 11 is 0. The van der Waals surface area contributed by atoms with Gasteiger partial charge >= 0.3 is 5.97 Å². The van der Waals surface area contributed by atoms with Crippen LogP contribution in [0.5, 0.6) is 0 Å². The van der Waals surface area contributed by atoms with E-state index in [-0.39, 0.29) is 28.6 Å². The van der Waals surface area contributed by atoms with E-state index in [2.05, 4.69) is 92.7 Å². The first-order valence-electron chi connectivity index (χ1n) is 10.3. The summed E-state index contributed by atoms with van der Waals surface area (Å²) in [5.41, 5.74) is 2.65. The summed E-state index contributed by atoms with van der Waals surface area (Å²) < 4.78 is 5.48. The lowest BCUT2D eigenvalue weighted by molar-refractivity contribution is -0.154. The van der Waals surface area contributed by atoms with Gasteiger partial charge in [-0.05, 0) is 22.1 Å². The zero-order valence-corrected chi connectivity index (χ0v) is 17.1. The van der Waals surface area contributed by atoms with Crippen LogP contribution in [0.25, 0.3) is 0 Å². The molecule has 0 unspecified atom stereocenters. The average molecular weight is 383 g/mol. The molecule has 2 aliphatic rings. The number of fused-ring (bicyclic) bond motifs is 1. The number of carbonyl (C=O) groups is 1. The highest BCUT2D eigenvalue weighted by molar-refractivity contribution is 5.93. The molecule has 3 aromatic carbocycles. The Morgan fingerprint density at radius 3 is 1.66 bits per heavy atom. The normalized spacial score (nSPS) is 31.3. The van der Waals surface area contributed by atoms with Crippen LogP contribution in [0, 0.1) is 10.8 Å². The van der Waals surface area contributed by atoms with Gasteiger partial charge in [-0.1, -0.05) is 105 Å². The van der Waals surface area contributed by atoms with Crippen LogP contribution >= 0.6 is 0 Å². The SMILES string of the molecule is COC(=O)[C@@]12[C@H](c3ccccc3)[C@H](c3ccccc3)[C@]1(c1ccccc1)C2(C)C. The van der Waals surface area contributed by atoms with E-state index in [9.17, 15) is 4.79 Å². The maximum atomic E-state index is 13.5. The van der Waals surface area contributed by atoms with E-state index in [0.717, 1.165) is 0 Å². The van der Waals surface area contributed by atoms with Gasteiger partial charge in [0.2, 0.25) is 0 Å². The van der Waals surface area contributed by atoms with E-state index in [0.29, 0.717) is 0 Å². The van der Waals surface area contributed by atoms with Gasteiger partial charge in [-0.3, -0.25) is 4.79 Å². The topological polar surface area (TPSA) is 26.3 Å². The minimum atomic E-state index is -0.571. The largest absolute Gasteiger partial charge is 0.469 e. The number of rotatable bonds is 4. The Hall–Kier alpha value is -2.87. The van der Waals surface area contributed by atoms with Gasteiger partial charge in [0.25, 0.3) is 0 Å². The fourth-order valence-corrected chi connectivity index (χ4v) is 6.99. The van der Waals surface area contributed by atoms with Crippen molar-refractivity contribution in [2.24, 2.45) is 10.8 Å². The Morgan fingerprint density at radius 1 is 0.724 bits per heavy atom. The highest BCUT2D eigenvalue weighted by atomic mass is 16.5. The molecule has 0 saturated heterocycles. The highest BCUT2D eigenvalue weighted by Gasteiger charge is 2.99. The van der Waals surface area contributed by atoms with Crippen molar-refractivity contribution in [1.82, 2.24) is 0 Å². The predicted octanol–water partition coefficient (Wildman–Crippen LogP) is 5.70. The molecular formula is C27H26O2. The first-order chi connectivity index (χ1) is 14.0. The van der Waals surface area contributed by atoms with Crippen molar-refractivity contribution < 1.29 is 9.53 Å². The van der Waals surface area contributed by atoms with Crippen molar-refractivity contribution in [2.45, 2.75) is 31.1 Å². The van der Waals surface area contributed by atoms with Crippen LogP contribution in [0.3, 0.4) is 0 Å². The van der Waals surface area contributed by atoms with Gasteiger partial charge in [0, 0.05) is 17.3 Å². The molecule has 0 aliphatic heterocycles. The van der Waals surface area contributed by atoms with E-state index in [4.69, 9.17) is 4.74 Å². The number of hydrogen-bond acceptors (Lipinski definition) is 2. The first-order valence-corrected chi connectivity index (χ1v) is 10.3. The lowest BCUT2D eigenvalue weighted by Crippen LogP contribution is -2.50. The van der Waals surface area contributed by atoms with Crippen molar-refractivity contribution in [3.8, 4) is 0 Å². The molecule has 2 nitrogen and oxygen atoms in total. The number of carbonyl (C=O) groups excluding carboxylic acids is 1. The van der Waals surface area contributed by atoms with Gasteiger partial charge in [0.05, 0.1) is 12.5 Å². The second-order valence-electron chi connectivity index (χ2n) is 8.88. The molecule has 0 N–H and O–H groups in total. The van der Waals surface area contributed by atoms with E-state index >= 15 is 0 Å². The minimum Gasteiger partial charge on any atom is -0.469 e. The molecular weight excluding hydrogens is 356 g/mol. The lowest BCUT2D eigenvalue weighted by atomic mass is 9.51. The summed E-state index contributed by atoms with van der Waals surface area (Å²) in [4.78, 5) is 13.5.